The maximum atomic E-state index is 12.1. The highest BCUT2D eigenvalue weighted by Gasteiger charge is 2.19. The Morgan fingerprint density at radius 3 is 2.84 bits per heavy atom. The minimum Gasteiger partial charge on any atom is -0.397 e. The Hall–Kier alpha value is -1.26. The van der Waals surface area contributed by atoms with Crippen molar-refractivity contribution in [3.63, 3.8) is 0 Å². The van der Waals surface area contributed by atoms with Crippen molar-refractivity contribution >= 4 is 23.2 Å². The Morgan fingerprint density at radius 1 is 1.47 bits per heavy atom. The number of hydrogen-bond acceptors (Lipinski definition) is 3. The first-order chi connectivity index (χ1) is 9.09. The van der Waals surface area contributed by atoms with Crippen molar-refractivity contribution in [3.8, 4) is 0 Å². The molecule has 1 atom stereocenters. The zero-order valence-corrected chi connectivity index (χ0v) is 11.9. The van der Waals surface area contributed by atoms with E-state index in [4.69, 9.17) is 17.3 Å². The van der Waals surface area contributed by atoms with E-state index in [2.05, 4.69) is 17.1 Å². The van der Waals surface area contributed by atoms with Crippen LogP contribution in [-0.2, 0) is 0 Å². The SMILES string of the molecule is CC(CNC(=O)c1cccc(Cl)c1N)N1CCCC1. The van der Waals surface area contributed by atoms with Crippen LogP contribution in [0.2, 0.25) is 5.02 Å². The molecule has 0 spiro atoms. The molecule has 5 heteroatoms. The zero-order chi connectivity index (χ0) is 13.8. The molecule has 104 valence electrons. The first kappa shape index (κ1) is 14.2. The van der Waals surface area contributed by atoms with Gasteiger partial charge in [-0.05, 0) is 45.0 Å². The summed E-state index contributed by atoms with van der Waals surface area (Å²) in [5.74, 6) is -0.161. The normalized spacial score (nSPS) is 17.4. The molecule has 1 amide bonds. The highest BCUT2D eigenvalue weighted by atomic mass is 35.5. The summed E-state index contributed by atoms with van der Waals surface area (Å²) in [5.41, 5.74) is 6.60. The molecule has 3 N–H and O–H groups in total. The third-order valence-electron chi connectivity index (χ3n) is 3.62. The lowest BCUT2D eigenvalue weighted by Gasteiger charge is -2.24. The smallest absolute Gasteiger partial charge is 0.253 e. The van der Waals surface area contributed by atoms with Crippen molar-refractivity contribution in [1.29, 1.82) is 0 Å². The molecule has 1 unspecified atom stereocenters. The number of nitrogen functional groups attached to an aromatic ring is 1. The first-order valence-corrected chi connectivity index (χ1v) is 7.03. The van der Waals surface area contributed by atoms with E-state index in [0.29, 0.717) is 28.9 Å². The number of hydrogen-bond donors (Lipinski definition) is 2. The number of nitrogens with one attached hydrogen (secondary N) is 1. The van der Waals surface area contributed by atoms with E-state index in [1.54, 1.807) is 18.2 Å². The predicted molar refractivity (Wildman–Crippen MR) is 78.5 cm³/mol. The van der Waals surface area contributed by atoms with E-state index >= 15 is 0 Å². The minimum atomic E-state index is -0.161. The van der Waals surface area contributed by atoms with Gasteiger partial charge in [-0.15, -0.1) is 0 Å². The first-order valence-electron chi connectivity index (χ1n) is 6.66. The molecule has 0 saturated carbocycles. The fourth-order valence-electron chi connectivity index (χ4n) is 2.38. The number of anilines is 1. The van der Waals surface area contributed by atoms with E-state index in [1.807, 2.05) is 0 Å². The summed E-state index contributed by atoms with van der Waals surface area (Å²) >= 11 is 5.91. The molecule has 2 rings (SSSR count). The summed E-state index contributed by atoms with van der Waals surface area (Å²) < 4.78 is 0. The molecule has 1 saturated heterocycles. The van der Waals surface area contributed by atoms with Crippen molar-refractivity contribution < 1.29 is 4.79 Å². The van der Waals surface area contributed by atoms with Crippen molar-refractivity contribution in [2.45, 2.75) is 25.8 Å². The van der Waals surface area contributed by atoms with Crippen LogP contribution >= 0.6 is 11.6 Å². The number of nitrogens with two attached hydrogens (primary N) is 1. The van der Waals surface area contributed by atoms with E-state index < -0.39 is 0 Å². The Bertz CT molecular complexity index is 458. The standard InChI is InChI=1S/C14H20ClN3O/c1-10(18-7-2-3-8-18)9-17-14(19)11-5-4-6-12(15)13(11)16/h4-6,10H,2-3,7-9,16H2,1H3,(H,17,19). The molecular weight excluding hydrogens is 262 g/mol. The Kier molecular flexibility index (Phi) is 4.66. The van der Waals surface area contributed by atoms with Crippen LogP contribution in [0.25, 0.3) is 0 Å². The average molecular weight is 282 g/mol. The topological polar surface area (TPSA) is 58.4 Å². The van der Waals surface area contributed by atoms with E-state index in [0.717, 1.165) is 13.1 Å². The van der Waals surface area contributed by atoms with Gasteiger partial charge in [-0.25, -0.2) is 0 Å². The summed E-state index contributed by atoms with van der Waals surface area (Å²) in [6, 6.07) is 5.46. The van der Waals surface area contributed by atoms with Crippen molar-refractivity contribution in [3.05, 3.63) is 28.8 Å². The molecule has 0 bridgehead atoms. The van der Waals surface area contributed by atoms with Crippen LogP contribution in [0, 0.1) is 0 Å². The Labute approximate surface area is 118 Å². The van der Waals surface area contributed by atoms with Crippen molar-refractivity contribution in [2.75, 3.05) is 25.4 Å². The van der Waals surface area contributed by atoms with E-state index in [1.165, 1.54) is 12.8 Å². The zero-order valence-electron chi connectivity index (χ0n) is 11.2. The van der Waals surface area contributed by atoms with Gasteiger partial charge in [0, 0.05) is 12.6 Å². The van der Waals surface area contributed by atoms with Crippen molar-refractivity contribution in [1.82, 2.24) is 10.2 Å². The molecule has 1 aromatic carbocycles. The number of para-hydroxylation sites is 1. The highest BCUT2D eigenvalue weighted by Crippen LogP contribution is 2.22. The molecule has 1 fully saturated rings. The molecule has 1 aliphatic rings. The minimum absolute atomic E-state index is 0.161. The monoisotopic (exact) mass is 281 g/mol. The number of carbonyl (C=O) groups is 1. The maximum Gasteiger partial charge on any atom is 0.253 e. The van der Waals surface area contributed by atoms with E-state index in [-0.39, 0.29) is 5.91 Å². The van der Waals surface area contributed by atoms with Crippen LogP contribution in [0.15, 0.2) is 18.2 Å². The summed E-state index contributed by atoms with van der Waals surface area (Å²) in [6.45, 7) is 5.00. The van der Waals surface area contributed by atoms with Gasteiger partial charge in [0.15, 0.2) is 0 Å². The number of benzene rings is 1. The third-order valence-corrected chi connectivity index (χ3v) is 3.95. The number of halogens is 1. The van der Waals surface area contributed by atoms with Gasteiger partial charge in [-0.3, -0.25) is 9.69 Å². The maximum absolute atomic E-state index is 12.1. The van der Waals surface area contributed by atoms with Gasteiger partial charge in [0.25, 0.3) is 5.91 Å². The summed E-state index contributed by atoms with van der Waals surface area (Å²) in [7, 11) is 0. The molecule has 1 heterocycles. The molecule has 1 aromatic rings. The molecule has 19 heavy (non-hydrogen) atoms. The molecule has 1 aliphatic heterocycles. The lowest BCUT2D eigenvalue weighted by Crippen LogP contribution is -2.40. The Balaban J connectivity index is 1.92. The van der Waals surface area contributed by atoms with Gasteiger partial charge in [0.05, 0.1) is 16.3 Å². The summed E-state index contributed by atoms with van der Waals surface area (Å²) in [6.07, 6.45) is 2.50. The second-order valence-corrected chi connectivity index (χ2v) is 5.41. The van der Waals surface area contributed by atoms with Gasteiger partial charge in [0.2, 0.25) is 0 Å². The van der Waals surface area contributed by atoms with Crippen LogP contribution in [0.3, 0.4) is 0 Å². The fraction of sp³-hybridized carbons (Fsp3) is 0.500. The second kappa shape index (κ2) is 6.26. The molecule has 0 aliphatic carbocycles. The van der Waals surface area contributed by atoms with Crippen LogP contribution in [0.1, 0.15) is 30.1 Å². The average Bonchev–Trinajstić information content (AvgIpc) is 2.93. The highest BCUT2D eigenvalue weighted by molar-refractivity contribution is 6.33. The fourth-order valence-corrected chi connectivity index (χ4v) is 2.56. The quantitative estimate of drug-likeness (QED) is 0.832. The van der Waals surface area contributed by atoms with Gasteiger partial charge in [-0.2, -0.15) is 0 Å². The van der Waals surface area contributed by atoms with E-state index in [9.17, 15) is 4.79 Å². The number of amides is 1. The van der Waals surface area contributed by atoms with Crippen LogP contribution in [-0.4, -0.2) is 36.5 Å². The largest absolute Gasteiger partial charge is 0.397 e. The molecular formula is C14H20ClN3O. The second-order valence-electron chi connectivity index (χ2n) is 5.00. The van der Waals surface area contributed by atoms with Crippen LogP contribution in [0.4, 0.5) is 5.69 Å². The van der Waals surface area contributed by atoms with Gasteiger partial charge in [0.1, 0.15) is 0 Å². The molecule has 0 radical (unpaired) electrons. The van der Waals surface area contributed by atoms with Crippen LogP contribution in [0.5, 0.6) is 0 Å². The summed E-state index contributed by atoms with van der Waals surface area (Å²) in [4.78, 5) is 14.5. The van der Waals surface area contributed by atoms with Crippen LogP contribution < -0.4 is 11.1 Å². The van der Waals surface area contributed by atoms with Gasteiger partial charge < -0.3 is 11.1 Å². The summed E-state index contributed by atoms with van der Waals surface area (Å²) in [5, 5.41) is 3.34. The lowest BCUT2D eigenvalue weighted by molar-refractivity contribution is 0.0941. The number of nitrogens with zero attached hydrogens (tertiary/aromatic N) is 1. The van der Waals surface area contributed by atoms with Crippen molar-refractivity contribution in [2.24, 2.45) is 0 Å². The Morgan fingerprint density at radius 2 is 2.16 bits per heavy atom. The predicted octanol–water partition coefficient (Wildman–Crippen LogP) is 2.14. The molecule has 0 aromatic heterocycles. The number of likely N-dealkylation sites (tertiary alicyclic amines) is 1. The molecule has 4 nitrogen and oxygen atoms in total. The third kappa shape index (κ3) is 3.39. The van der Waals surface area contributed by atoms with Gasteiger partial charge in [-0.1, -0.05) is 17.7 Å². The lowest BCUT2D eigenvalue weighted by atomic mass is 10.1. The number of carbonyl (C=O) groups excluding carboxylic acids is 1. The van der Waals surface area contributed by atoms with Gasteiger partial charge >= 0.3 is 0 Å². The number of rotatable bonds is 4.